The summed E-state index contributed by atoms with van der Waals surface area (Å²) in [6, 6.07) is 0. The Labute approximate surface area is 87.6 Å². The van der Waals surface area contributed by atoms with Crippen LogP contribution in [0, 0.1) is 0 Å². The first-order chi connectivity index (χ1) is 6.91. The third-order valence-electron chi connectivity index (χ3n) is 1.77. The summed E-state index contributed by atoms with van der Waals surface area (Å²) in [5.41, 5.74) is 0. The van der Waals surface area contributed by atoms with Crippen LogP contribution < -0.4 is 0 Å². The zero-order chi connectivity index (χ0) is 10.5. The summed E-state index contributed by atoms with van der Waals surface area (Å²) < 4.78 is 10.7. The van der Waals surface area contributed by atoms with Crippen molar-refractivity contribution >= 4 is 0 Å². The van der Waals surface area contributed by atoms with Gasteiger partial charge in [-0.15, -0.1) is 13.2 Å². The highest BCUT2D eigenvalue weighted by Crippen LogP contribution is 1.92. The lowest BCUT2D eigenvalue weighted by Gasteiger charge is -2.04. The fraction of sp³-hybridized carbons (Fsp3) is 0.667. The Balaban J connectivity index is 2.84. The summed E-state index contributed by atoms with van der Waals surface area (Å²) >= 11 is 0. The van der Waals surface area contributed by atoms with Crippen molar-refractivity contribution in [2.45, 2.75) is 25.7 Å². The molecule has 0 aliphatic carbocycles. The van der Waals surface area contributed by atoms with Crippen molar-refractivity contribution in [2.24, 2.45) is 0 Å². The van der Waals surface area contributed by atoms with Crippen LogP contribution in [0.1, 0.15) is 25.7 Å². The van der Waals surface area contributed by atoms with Crippen molar-refractivity contribution in [3.63, 3.8) is 0 Å². The fourth-order valence-corrected chi connectivity index (χ4v) is 0.981. The van der Waals surface area contributed by atoms with Crippen molar-refractivity contribution in [1.82, 2.24) is 0 Å². The van der Waals surface area contributed by atoms with Gasteiger partial charge in [-0.3, -0.25) is 0 Å². The Morgan fingerprint density at radius 2 is 1.14 bits per heavy atom. The van der Waals surface area contributed by atoms with Gasteiger partial charge < -0.3 is 9.47 Å². The minimum Gasteiger partial charge on any atom is -0.379 e. The third kappa shape index (κ3) is 11.4. The van der Waals surface area contributed by atoms with Crippen molar-refractivity contribution in [1.29, 1.82) is 0 Å². The molecule has 0 aromatic heterocycles. The molecule has 0 N–H and O–H groups in total. The van der Waals surface area contributed by atoms with Crippen LogP contribution in [0.15, 0.2) is 25.3 Å². The molecule has 0 saturated heterocycles. The third-order valence-corrected chi connectivity index (χ3v) is 1.77. The Kier molecular flexibility index (Phi) is 11.9. The van der Waals surface area contributed by atoms with Crippen molar-refractivity contribution in [2.75, 3.05) is 26.4 Å². The Bertz CT molecular complexity index is 116. The fourth-order valence-electron chi connectivity index (χ4n) is 0.981. The van der Waals surface area contributed by atoms with E-state index in [4.69, 9.17) is 9.47 Å². The highest BCUT2D eigenvalue weighted by molar-refractivity contribution is 4.65. The van der Waals surface area contributed by atoms with Gasteiger partial charge in [0.2, 0.25) is 0 Å². The minimum absolute atomic E-state index is 0.700. The Morgan fingerprint density at radius 1 is 0.714 bits per heavy atom. The molecule has 0 radical (unpaired) electrons. The van der Waals surface area contributed by atoms with Gasteiger partial charge in [-0.05, 0) is 25.7 Å². The quantitative estimate of drug-likeness (QED) is 0.375. The van der Waals surface area contributed by atoms with Gasteiger partial charge in [0.1, 0.15) is 0 Å². The summed E-state index contributed by atoms with van der Waals surface area (Å²) in [4.78, 5) is 0. The molecule has 0 bridgehead atoms. The normalized spacial score (nSPS) is 10.0. The van der Waals surface area contributed by atoms with Gasteiger partial charge in [0.25, 0.3) is 0 Å². The van der Waals surface area contributed by atoms with E-state index < -0.39 is 0 Å². The maximum absolute atomic E-state index is 5.35. The van der Waals surface area contributed by atoms with Crippen LogP contribution in [0.4, 0.5) is 0 Å². The molecule has 0 unspecified atom stereocenters. The molecular formula is C12H22O2. The molecular weight excluding hydrogens is 176 g/mol. The first-order valence-corrected chi connectivity index (χ1v) is 5.29. The average molecular weight is 198 g/mol. The number of allylic oxidation sites excluding steroid dienone is 2. The van der Waals surface area contributed by atoms with Crippen LogP contribution in [-0.2, 0) is 9.47 Å². The van der Waals surface area contributed by atoms with Crippen molar-refractivity contribution in [3.8, 4) is 0 Å². The second-order valence-corrected chi connectivity index (χ2v) is 3.09. The molecule has 0 aromatic carbocycles. The highest BCUT2D eigenvalue weighted by Gasteiger charge is 1.89. The van der Waals surface area contributed by atoms with Gasteiger partial charge in [0, 0.05) is 13.2 Å². The van der Waals surface area contributed by atoms with Crippen LogP contribution in [0.5, 0.6) is 0 Å². The van der Waals surface area contributed by atoms with Gasteiger partial charge in [-0.1, -0.05) is 12.2 Å². The lowest BCUT2D eigenvalue weighted by molar-refractivity contribution is 0.0465. The lowest BCUT2D eigenvalue weighted by atomic mass is 10.3. The molecule has 0 aliphatic heterocycles. The van der Waals surface area contributed by atoms with E-state index in [1.54, 1.807) is 0 Å². The summed E-state index contributed by atoms with van der Waals surface area (Å²) in [6.07, 6.45) is 7.99. The summed E-state index contributed by atoms with van der Waals surface area (Å²) in [6.45, 7) is 10.3. The molecule has 82 valence electrons. The van der Waals surface area contributed by atoms with E-state index in [0.29, 0.717) is 13.2 Å². The molecule has 0 fully saturated rings. The molecule has 0 atom stereocenters. The predicted molar refractivity (Wildman–Crippen MR) is 60.5 cm³/mol. The highest BCUT2D eigenvalue weighted by atomic mass is 16.5. The molecule has 0 aliphatic rings. The minimum atomic E-state index is 0.700. The summed E-state index contributed by atoms with van der Waals surface area (Å²) in [7, 11) is 0. The van der Waals surface area contributed by atoms with Gasteiger partial charge in [0.05, 0.1) is 13.2 Å². The number of hydrogen-bond acceptors (Lipinski definition) is 2. The Morgan fingerprint density at radius 3 is 1.50 bits per heavy atom. The molecule has 14 heavy (non-hydrogen) atoms. The smallest absolute Gasteiger partial charge is 0.0700 e. The van der Waals surface area contributed by atoms with Gasteiger partial charge >= 0.3 is 0 Å². The van der Waals surface area contributed by atoms with Crippen LogP contribution in [-0.4, -0.2) is 26.4 Å². The van der Waals surface area contributed by atoms with Crippen LogP contribution >= 0.6 is 0 Å². The Hall–Kier alpha value is -0.600. The maximum Gasteiger partial charge on any atom is 0.0700 e. The van der Waals surface area contributed by atoms with Crippen LogP contribution in [0.2, 0.25) is 0 Å². The maximum atomic E-state index is 5.35. The van der Waals surface area contributed by atoms with Crippen LogP contribution in [0.25, 0.3) is 0 Å². The van der Waals surface area contributed by atoms with E-state index in [0.717, 1.165) is 38.9 Å². The first kappa shape index (κ1) is 13.4. The molecule has 0 heterocycles. The molecule has 0 aromatic rings. The van der Waals surface area contributed by atoms with Crippen molar-refractivity contribution in [3.05, 3.63) is 25.3 Å². The van der Waals surface area contributed by atoms with Gasteiger partial charge in [-0.25, -0.2) is 0 Å². The van der Waals surface area contributed by atoms with E-state index in [1.165, 1.54) is 0 Å². The molecule has 0 rings (SSSR count). The van der Waals surface area contributed by atoms with E-state index in [-0.39, 0.29) is 0 Å². The predicted octanol–water partition coefficient (Wildman–Crippen LogP) is 2.95. The molecule has 2 heteroatoms. The topological polar surface area (TPSA) is 18.5 Å². The summed E-state index contributed by atoms with van der Waals surface area (Å²) in [5, 5.41) is 0. The van der Waals surface area contributed by atoms with Gasteiger partial charge in [0.15, 0.2) is 0 Å². The SMILES string of the molecule is C=CCCCOCCOCCCC=C. The second-order valence-electron chi connectivity index (χ2n) is 3.09. The number of unbranched alkanes of at least 4 members (excludes halogenated alkanes) is 2. The molecule has 0 amide bonds. The zero-order valence-electron chi connectivity index (χ0n) is 9.04. The standard InChI is InChI=1S/C12H22O2/c1-3-5-7-9-13-11-12-14-10-8-6-4-2/h3-4H,1-2,5-12H2. The second kappa shape index (κ2) is 12.4. The van der Waals surface area contributed by atoms with E-state index in [9.17, 15) is 0 Å². The molecule has 0 spiro atoms. The first-order valence-electron chi connectivity index (χ1n) is 5.29. The molecule has 0 saturated carbocycles. The zero-order valence-corrected chi connectivity index (χ0v) is 9.04. The number of hydrogen-bond donors (Lipinski definition) is 0. The summed E-state index contributed by atoms with van der Waals surface area (Å²) in [5.74, 6) is 0. The van der Waals surface area contributed by atoms with E-state index in [2.05, 4.69) is 13.2 Å². The molecule has 2 nitrogen and oxygen atoms in total. The van der Waals surface area contributed by atoms with E-state index >= 15 is 0 Å². The van der Waals surface area contributed by atoms with Gasteiger partial charge in [-0.2, -0.15) is 0 Å². The number of ether oxygens (including phenoxy) is 2. The van der Waals surface area contributed by atoms with Crippen molar-refractivity contribution < 1.29 is 9.47 Å². The average Bonchev–Trinajstić information content (AvgIpc) is 2.21. The monoisotopic (exact) mass is 198 g/mol. The number of rotatable bonds is 11. The lowest BCUT2D eigenvalue weighted by Crippen LogP contribution is -2.05. The van der Waals surface area contributed by atoms with E-state index in [1.807, 2.05) is 12.2 Å². The van der Waals surface area contributed by atoms with Crippen LogP contribution in [0.3, 0.4) is 0 Å². The largest absolute Gasteiger partial charge is 0.379 e.